The van der Waals surface area contributed by atoms with Crippen LogP contribution in [0.4, 0.5) is 5.82 Å². The number of allylic oxidation sites excluding steroid dienone is 1. The summed E-state index contributed by atoms with van der Waals surface area (Å²) in [5.41, 5.74) is 9.78. The van der Waals surface area contributed by atoms with E-state index in [0.29, 0.717) is 41.6 Å². The number of carbonyl (C=O) groups is 1. The fourth-order valence-corrected chi connectivity index (χ4v) is 5.24. The number of rotatable bonds is 7. The second-order valence-corrected chi connectivity index (χ2v) is 10.2. The van der Waals surface area contributed by atoms with Crippen molar-refractivity contribution >= 4 is 22.8 Å². The smallest absolute Gasteiger partial charge is 0.264 e. The van der Waals surface area contributed by atoms with Crippen LogP contribution in [0.2, 0.25) is 0 Å². The van der Waals surface area contributed by atoms with Gasteiger partial charge < -0.3 is 15.4 Å². The van der Waals surface area contributed by atoms with Crippen LogP contribution in [-0.2, 0) is 11.3 Å². The van der Waals surface area contributed by atoms with Gasteiger partial charge in [-0.3, -0.25) is 4.79 Å². The van der Waals surface area contributed by atoms with Crippen LogP contribution in [0.25, 0.3) is 22.3 Å². The first-order chi connectivity index (χ1) is 19.0. The number of hydrogen-bond acceptors (Lipinski definition) is 7. The van der Waals surface area contributed by atoms with Crippen LogP contribution in [0.5, 0.6) is 11.5 Å². The Morgan fingerprint density at radius 1 is 1.15 bits per heavy atom. The first kappa shape index (κ1) is 24.6. The van der Waals surface area contributed by atoms with Gasteiger partial charge in [-0.15, -0.1) is 0 Å². The molecule has 39 heavy (non-hydrogen) atoms. The van der Waals surface area contributed by atoms with Gasteiger partial charge >= 0.3 is 0 Å². The van der Waals surface area contributed by atoms with Crippen LogP contribution in [0.1, 0.15) is 31.2 Å². The summed E-state index contributed by atoms with van der Waals surface area (Å²) in [6, 6.07) is 17.5. The van der Waals surface area contributed by atoms with Crippen molar-refractivity contribution in [1.82, 2.24) is 24.6 Å². The number of nitrogens with two attached hydrogens (primary N) is 1. The van der Waals surface area contributed by atoms with E-state index in [0.717, 1.165) is 48.3 Å². The van der Waals surface area contributed by atoms with Crippen molar-refractivity contribution < 1.29 is 9.53 Å². The summed E-state index contributed by atoms with van der Waals surface area (Å²) < 4.78 is 7.83. The van der Waals surface area contributed by atoms with Crippen LogP contribution < -0.4 is 10.5 Å². The van der Waals surface area contributed by atoms with Gasteiger partial charge in [-0.25, -0.2) is 14.6 Å². The Kier molecular flexibility index (Phi) is 6.45. The Bertz CT molecular complexity index is 1620. The number of aromatic nitrogens is 4. The molecule has 196 valence electrons. The van der Waals surface area contributed by atoms with Crippen molar-refractivity contribution in [2.75, 3.05) is 12.3 Å². The molecule has 9 nitrogen and oxygen atoms in total. The molecule has 0 spiro atoms. The van der Waals surface area contributed by atoms with Crippen molar-refractivity contribution in [2.45, 2.75) is 45.2 Å². The maximum Gasteiger partial charge on any atom is 0.264 e. The molecule has 1 aliphatic heterocycles. The first-order valence-corrected chi connectivity index (χ1v) is 13.3. The highest BCUT2D eigenvalue weighted by molar-refractivity contribution is 5.99. The highest BCUT2D eigenvalue weighted by atomic mass is 16.5. The molecule has 1 saturated heterocycles. The van der Waals surface area contributed by atoms with Gasteiger partial charge in [0.05, 0.1) is 18.0 Å². The van der Waals surface area contributed by atoms with Crippen LogP contribution >= 0.6 is 0 Å². The number of para-hydroxylation sites is 1. The zero-order valence-electron chi connectivity index (χ0n) is 21.7. The van der Waals surface area contributed by atoms with E-state index in [1.54, 1.807) is 0 Å². The molecule has 2 N–H and O–H groups in total. The molecule has 2 fully saturated rings. The van der Waals surface area contributed by atoms with Crippen molar-refractivity contribution in [3.63, 3.8) is 0 Å². The van der Waals surface area contributed by atoms with Crippen LogP contribution in [-0.4, -0.2) is 43.1 Å². The molecule has 9 heteroatoms. The SMILES string of the molecule is Cc1cc(Oc2ccccc2)ccc1-c1nn(C[C@@H]2CCCN2C(=O)/C(C#N)=C/C2CC2)c2ncnc(N)c12. The molecule has 1 aliphatic carbocycles. The van der Waals surface area contributed by atoms with E-state index in [1.807, 2.05) is 71.1 Å². The predicted octanol–water partition coefficient (Wildman–Crippen LogP) is 5.03. The summed E-state index contributed by atoms with van der Waals surface area (Å²) in [5.74, 6) is 2.00. The van der Waals surface area contributed by atoms with Gasteiger partial charge in [0.1, 0.15) is 41.0 Å². The number of hydrogen-bond donors (Lipinski definition) is 1. The van der Waals surface area contributed by atoms with Crippen LogP contribution in [0, 0.1) is 24.2 Å². The quantitative estimate of drug-likeness (QED) is 0.268. The second-order valence-electron chi connectivity index (χ2n) is 10.2. The lowest BCUT2D eigenvalue weighted by Crippen LogP contribution is -2.39. The molecule has 1 saturated carbocycles. The maximum atomic E-state index is 13.2. The molecule has 0 unspecified atom stereocenters. The summed E-state index contributed by atoms with van der Waals surface area (Å²) in [4.78, 5) is 23.8. The number of aryl methyl sites for hydroxylation is 1. The minimum atomic E-state index is -0.192. The standard InChI is InChI=1S/C30H29N7O2/c1-19-14-24(39-23-7-3-2-4-8-23)11-12-25(19)27-26-28(32)33-18-34-29(26)37(35-27)17-22-6-5-13-36(22)30(38)21(16-31)15-20-9-10-20/h2-4,7-8,11-12,14-15,18,20,22H,5-6,9-10,13,17H2,1H3,(H2,32,33,34)/b21-15+/t22-/m0/s1. The highest BCUT2D eigenvalue weighted by Gasteiger charge is 2.33. The zero-order valence-corrected chi connectivity index (χ0v) is 21.7. The van der Waals surface area contributed by atoms with E-state index in [4.69, 9.17) is 15.6 Å². The number of carbonyl (C=O) groups excluding carboxylic acids is 1. The Morgan fingerprint density at radius 2 is 1.97 bits per heavy atom. The monoisotopic (exact) mass is 519 g/mol. The fourth-order valence-electron chi connectivity index (χ4n) is 5.24. The number of ether oxygens (including phenoxy) is 1. The molecule has 2 aromatic heterocycles. The fraction of sp³-hybridized carbons (Fsp3) is 0.300. The summed E-state index contributed by atoms with van der Waals surface area (Å²) >= 11 is 0. The number of nitriles is 1. The van der Waals surface area contributed by atoms with Gasteiger partial charge in [0.2, 0.25) is 0 Å². The Hall–Kier alpha value is -4.71. The second kappa shape index (κ2) is 10.2. The number of benzene rings is 2. The topological polar surface area (TPSA) is 123 Å². The Balaban J connectivity index is 1.32. The third kappa shape index (κ3) is 4.93. The summed E-state index contributed by atoms with van der Waals surface area (Å²) in [6.45, 7) is 3.08. The molecule has 6 rings (SSSR count). The van der Waals surface area contributed by atoms with E-state index < -0.39 is 0 Å². The van der Waals surface area contributed by atoms with Gasteiger partial charge in [0.15, 0.2) is 5.65 Å². The first-order valence-electron chi connectivity index (χ1n) is 13.3. The lowest BCUT2D eigenvalue weighted by atomic mass is 10.0. The summed E-state index contributed by atoms with van der Waals surface area (Å²) in [5, 5.41) is 15.2. The van der Waals surface area contributed by atoms with Crippen molar-refractivity contribution in [3.05, 3.63) is 72.1 Å². The van der Waals surface area contributed by atoms with E-state index >= 15 is 0 Å². The molecular weight excluding hydrogens is 490 g/mol. The normalized spacial score (nSPS) is 17.4. The molecule has 3 heterocycles. The summed E-state index contributed by atoms with van der Waals surface area (Å²) in [7, 11) is 0. The molecule has 4 aromatic rings. The molecule has 1 amide bonds. The molecular formula is C30H29N7O2. The molecule has 1 atom stereocenters. The number of fused-ring (bicyclic) bond motifs is 1. The predicted molar refractivity (Wildman–Crippen MR) is 148 cm³/mol. The Morgan fingerprint density at radius 3 is 2.72 bits per heavy atom. The average Bonchev–Trinajstić information content (AvgIpc) is 3.52. The molecule has 0 bridgehead atoms. The minimum Gasteiger partial charge on any atom is -0.457 e. The van der Waals surface area contributed by atoms with Gasteiger partial charge in [0.25, 0.3) is 5.91 Å². The largest absolute Gasteiger partial charge is 0.457 e. The number of anilines is 1. The van der Waals surface area contributed by atoms with Gasteiger partial charge in [0, 0.05) is 12.1 Å². The van der Waals surface area contributed by atoms with Crippen molar-refractivity contribution in [1.29, 1.82) is 5.26 Å². The summed E-state index contributed by atoms with van der Waals surface area (Å²) in [6.07, 6.45) is 7.07. The number of nitrogen functional groups attached to an aromatic ring is 1. The maximum absolute atomic E-state index is 13.2. The van der Waals surface area contributed by atoms with Crippen molar-refractivity contribution in [3.8, 4) is 28.8 Å². The minimum absolute atomic E-state index is 0.0941. The average molecular weight is 520 g/mol. The highest BCUT2D eigenvalue weighted by Crippen LogP contribution is 2.36. The third-order valence-corrected chi connectivity index (χ3v) is 7.39. The van der Waals surface area contributed by atoms with Crippen molar-refractivity contribution in [2.24, 2.45) is 5.92 Å². The zero-order chi connectivity index (χ0) is 26.9. The van der Waals surface area contributed by atoms with Gasteiger partial charge in [-0.05, 0) is 74.4 Å². The van der Waals surface area contributed by atoms with E-state index in [-0.39, 0.29) is 17.5 Å². The van der Waals surface area contributed by atoms with Gasteiger partial charge in [-0.1, -0.05) is 24.3 Å². The lowest BCUT2D eigenvalue weighted by Gasteiger charge is -2.24. The van der Waals surface area contributed by atoms with Gasteiger partial charge in [-0.2, -0.15) is 10.4 Å². The van der Waals surface area contributed by atoms with E-state index in [2.05, 4.69) is 16.0 Å². The van der Waals surface area contributed by atoms with Crippen LogP contribution in [0.3, 0.4) is 0 Å². The number of likely N-dealkylation sites (tertiary alicyclic amines) is 1. The van der Waals surface area contributed by atoms with E-state index in [9.17, 15) is 10.1 Å². The number of nitrogens with zero attached hydrogens (tertiary/aromatic N) is 6. The molecule has 2 aliphatic rings. The van der Waals surface area contributed by atoms with E-state index in [1.165, 1.54) is 6.33 Å². The molecule has 2 aromatic carbocycles. The molecule has 0 radical (unpaired) electrons. The lowest BCUT2D eigenvalue weighted by molar-refractivity contribution is -0.127. The third-order valence-electron chi connectivity index (χ3n) is 7.39. The van der Waals surface area contributed by atoms with Crippen LogP contribution in [0.15, 0.2) is 66.5 Å². The number of amides is 1. The Labute approximate surface area is 226 Å².